The van der Waals surface area contributed by atoms with E-state index in [0.29, 0.717) is 17.5 Å². The molecule has 0 aliphatic heterocycles. The fourth-order valence-corrected chi connectivity index (χ4v) is 1.19. The van der Waals surface area contributed by atoms with Gasteiger partial charge in [-0.2, -0.15) is 5.06 Å². The van der Waals surface area contributed by atoms with Crippen LogP contribution in [-0.2, 0) is 14.4 Å². The Hall–Kier alpha value is -2.37. The number of carbonyl (C=O) groups excluding carboxylic acids is 3. The molecule has 0 heterocycles. The Bertz CT molecular complexity index is 442. The van der Waals surface area contributed by atoms with Gasteiger partial charge in [0.15, 0.2) is 0 Å². The van der Waals surface area contributed by atoms with E-state index < -0.39 is 11.9 Å². The fourth-order valence-electron chi connectivity index (χ4n) is 1.19. The molecule has 96 valence electrons. The summed E-state index contributed by atoms with van der Waals surface area (Å²) in [4.78, 5) is 38.0. The molecule has 0 saturated heterocycles. The highest BCUT2D eigenvalue weighted by Gasteiger charge is 2.15. The molecular formula is C12H14N2O4. The van der Waals surface area contributed by atoms with Crippen molar-refractivity contribution >= 4 is 23.9 Å². The topological polar surface area (TPSA) is 89.7 Å². The summed E-state index contributed by atoms with van der Waals surface area (Å²) in [6, 6.07) is 6.12. The van der Waals surface area contributed by atoms with Crippen molar-refractivity contribution in [3.63, 3.8) is 0 Å². The van der Waals surface area contributed by atoms with Crippen LogP contribution in [0.2, 0.25) is 0 Å². The van der Waals surface area contributed by atoms with Crippen molar-refractivity contribution in [2.75, 3.05) is 12.8 Å². The quantitative estimate of drug-likeness (QED) is 0.484. The van der Waals surface area contributed by atoms with Gasteiger partial charge in [0.1, 0.15) is 6.29 Å². The van der Waals surface area contributed by atoms with E-state index in [1.807, 2.05) is 0 Å². The number of carbonyl (C=O) groups is 3. The highest BCUT2D eigenvalue weighted by Crippen LogP contribution is 2.08. The number of hydrogen-bond acceptors (Lipinski definition) is 5. The maximum absolute atomic E-state index is 11.6. The van der Waals surface area contributed by atoms with Gasteiger partial charge in [-0.15, -0.1) is 0 Å². The highest BCUT2D eigenvalue weighted by molar-refractivity contribution is 5.90. The molecule has 0 bridgehead atoms. The number of anilines is 1. The van der Waals surface area contributed by atoms with E-state index in [1.54, 1.807) is 12.1 Å². The van der Waals surface area contributed by atoms with Crippen LogP contribution >= 0.6 is 0 Å². The summed E-state index contributed by atoms with van der Waals surface area (Å²) in [6.45, 7) is 0. The smallest absolute Gasteiger partial charge is 0.363 e. The summed E-state index contributed by atoms with van der Waals surface area (Å²) < 4.78 is 0. The third-order valence-electron chi connectivity index (χ3n) is 2.19. The number of rotatable bonds is 4. The number of nitrogens with zero attached hydrogens (tertiary/aromatic N) is 1. The average Bonchev–Trinajstić information content (AvgIpc) is 2.36. The first kappa shape index (κ1) is 13.7. The fraction of sp³-hybridized carbons (Fsp3) is 0.250. The van der Waals surface area contributed by atoms with Gasteiger partial charge in [-0.25, -0.2) is 4.79 Å². The normalized spacial score (nSPS) is 9.61. The van der Waals surface area contributed by atoms with E-state index in [4.69, 9.17) is 10.6 Å². The SMILES string of the molecule is CN(OC(=O)c1ccc(N)cc1)C(=O)CCC=O. The Morgan fingerprint density at radius 1 is 1.33 bits per heavy atom. The molecule has 0 unspecified atom stereocenters. The number of aldehydes is 1. The van der Waals surface area contributed by atoms with Gasteiger partial charge in [-0.1, -0.05) is 0 Å². The van der Waals surface area contributed by atoms with Crippen molar-refractivity contribution in [3.8, 4) is 0 Å². The van der Waals surface area contributed by atoms with Gasteiger partial charge >= 0.3 is 5.97 Å². The lowest BCUT2D eigenvalue weighted by Crippen LogP contribution is -2.29. The van der Waals surface area contributed by atoms with Gasteiger partial charge in [0.2, 0.25) is 0 Å². The standard InChI is InChI=1S/C12H14N2O4/c1-14(11(16)3-2-8-15)18-12(17)9-4-6-10(13)7-5-9/h4-8H,2-3,13H2,1H3. The molecule has 0 fully saturated rings. The summed E-state index contributed by atoms with van der Waals surface area (Å²) in [5.74, 6) is -1.09. The third-order valence-corrected chi connectivity index (χ3v) is 2.19. The molecule has 18 heavy (non-hydrogen) atoms. The molecule has 0 saturated carbocycles. The molecule has 0 aliphatic carbocycles. The number of nitrogen functional groups attached to an aromatic ring is 1. The lowest BCUT2D eigenvalue weighted by atomic mass is 10.2. The maximum atomic E-state index is 11.6. The van der Waals surface area contributed by atoms with E-state index >= 15 is 0 Å². The molecule has 0 radical (unpaired) electrons. The minimum absolute atomic E-state index is 0.00895. The Morgan fingerprint density at radius 3 is 2.50 bits per heavy atom. The van der Waals surface area contributed by atoms with Crippen molar-refractivity contribution < 1.29 is 19.2 Å². The second-order valence-electron chi connectivity index (χ2n) is 3.60. The molecule has 0 spiro atoms. The summed E-state index contributed by atoms with van der Waals surface area (Å²) in [6.07, 6.45) is 0.741. The van der Waals surface area contributed by atoms with Crippen molar-refractivity contribution in [2.24, 2.45) is 0 Å². The summed E-state index contributed by atoms with van der Waals surface area (Å²) in [5.41, 5.74) is 6.30. The largest absolute Gasteiger partial charge is 0.399 e. The molecule has 1 rings (SSSR count). The van der Waals surface area contributed by atoms with Crippen LogP contribution in [0, 0.1) is 0 Å². The molecule has 6 heteroatoms. The molecule has 1 aromatic carbocycles. The zero-order valence-electron chi connectivity index (χ0n) is 9.96. The average molecular weight is 250 g/mol. The minimum Gasteiger partial charge on any atom is -0.399 e. The summed E-state index contributed by atoms with van der Waals surface area (Å²) in [5, 5.41) is 0.822. The third kappa shape index (κ3) is 3.89. The summed E-state index contributed by atoms with van der Waals surface area (Å²) in [7, 11) is 1.32. The van der Waals surface area contributed by atoms with E-state index in [1.165, 1.54) is 19.2 Å². The predicted molar refractivity (Wildman–Crippen MR) is 64.3 cm³/mol. The molecule has 0 aliphatic rings. The number of amides is 1. The van der Waals surface area contributed by atoms with Crippen molar-refractivity contribution in [2.45, 2.75) is 12.8 Å². The van der Waals surface area contributed by atoms with Gasteiger partial charge in [-0.3, -0.25) is 4.79 Å². The number of benzene rings is 1. The van der Waals surface area contributed by atoms with E-state index in [-0.39, 0.29) is 12.8 Å². The molecule has 1 aromatic rings. The van der Waals surface area contributed by atoms with Crippen LogP contribution in [0.1, 0.15) is 23.2 Å². The second-order valence-corrected chi connectivity index (χ2v) is 3.60. The first-order chi connectivity index (χ1) is 8.54. The lowest BCUT2D eigenvalue weighted by Gasteiger charge is -2.15. The Balaban J connectivity index is 2.56. The lowest BCUT2D eigenvalue weighted by molar-refractivity contribution is -0.161. The molecular weight excluding hydrogens is 236 g/mol. The van der Waals surface area contributed by atoms with Crippen LogP contribution in [0.3, 0.4) is 0 Å². The van der Waals surface area contributed by atoms with Gasteiger partial charge < -0.3 is 15.4 Å². The van der Waals surface area contributed by atoms with Gasteiger partial charge in [-0.05, 0) is 24.3 Å². The first-order valence-electron chi connectivity index (χ1n) is 5.32. The first-order valence-corrected chi connectivity index (χ1v) is 5.32. The maximum Gasteiger partial charge on any atom is 0.363 e. The molecule has 0 aromatic heterocycles. The van der Waals surface area contributed by atoms with E-state index in [9.17, 15) is 14.4 Å². The highest BCUT2D eigenvalue weighted by atomic mass is 16.7. The summed E-state index contributed by atoms with van der Waals surface area (Å²) >= 11 is 0. The van der Waals surface area contributed by atoms with Gasteiger partial charge in [0.05, 0.1) is 5.56 Å². The zero-order valence-corrected chi connectivity index (χ0v) is 9.96. The molecule has 2 N–H and O–H groups in total. The number of hydroxylamine groups is 2. The Kier molecular flexibility index (Phi) is 4.86. The van der Waals surface area contributed by atoms with Crippen LogP contribution in [0.25, 0.3) is 0 Å². The van der Waals surface area contributed by atoms with E-state index in [0.717, 1.165) is 5.06 Å². The van der Waals surface area contributed by atoms with Crippen molar-refractivity contribution in [1.29, 1.82) is 0 Å². The van der Waals surface area contributed by atoms with E-state index in [2.05, 4.69) is 0 Å². The van der Waals surface area contributed by atoms with Crippen LogP contribution in [0.5, 0.6) is 0 Å². The molecule has 1 amide bonds. The number of nitrogens with two attached hydrogens (primary N) is 1. The van der Waals surface area contributed by atoms with Gasteiger partial charge in [0.25, 0.3) is 5.91 Å². The molecule has 0 atom stereocenters. The Labute approximate surface area is 104 Å². The predicted octanol–water partition coefficient (Wildman–Crippen LogP) is 0.778. The number of hydrogen-bond donors (Lipinski definition) is 1. The van der Waals surface area contributed by atoms with Crippen LogP contribution < -0.4 is 5.73 Å². The van der Waals surface area contributed by atoms with Crippen LogP contribution in [0.4, 0.5) is 5.69 Å². The van der Waals surface area contributed by atoms with Crippen molar-refractivity contribution in [3.05, 3.63) is 29.8 Å². The zero-order chi connectivity index (χ0) is 13.5. The van der Waals surface area contributed by atoms with Gasteiger partial charge in [0, 0.05) is 25.6 Å². The van der Waals surface area contributed by atoms with Crippen molar-refractivity contribution in [1.82, 2.24) is 5.06 Å². The minimum atomic E-state index is -0.656. The Morgan fingerprint density at radius 2 is 1.94 bits per heavy atom. The van der Waals surface area contributed by atoms with Crippen LogP contribution in [0.15, 0.2) is 24.3 Å². The second kappa shape index (κ2) is 6.39. The monoisotopic (exact) mass is 250 g/mol. The molecule has 6 nitrogen and oxygen atoms in total. The van der Waals surface area contributed by atoms with Crippen LogP contribution in [-0.4, -0.2) is 30.3 Å².